The van der Waals surface area contributed by atoms with E-state index in [-0.39, 0.29) is 5.82 Å². The van der Waals surface area contributed by atoms with Crippen LogP contribution in [0.1, 0.15) is 31.2 Å². The number of halogens is 1. The van der Waals surface area contributed by atoms with Crippen molar-refractivity contribution in [1.29, 1.82) is 0 Å². The molecule has 0 aliphatic carbocycles. The van der Waals surface area contributed by atoms with Crippen LogP contribution < -0.4 is 0 Å². The van der Waals surface area contributed by atoms with Crippen LogP contribution in [0.15, 0.2) is 54.7 Å². The van der Waals surface area contributed by atoms with Crippen molar-refractivity contribution in [3.8, 4) is 0 Å². The van der Waals surface area contributed by atoms with E-state index in [0.717, 1.165) is 50.1 Å². The molecule has 1 saturated heterocycles. The van der Waals surface area contributed by atoms with Crippen molar-refractivity contribution >= 4 is 10.9 Å². The van der Waals surface area contributed by atoms with Crippen molar-refractivity contribution in [3.05, 3.63) is 66.1 Å². The zero-order valence-electron chi connectivity index (χ0n) is 15.5. The first-order valence-electron chi connectivity index (χ1n) is 9.75. The maximum Gasteiger partial charge on any atom is 0.123 e. The number of piperidine rings is 1. The molecule has 5 heteroatoms. The molecule has 0 spiro atoms. The lowest BCUT2D eigenvalue weighted by Gasteiger charge is -2.38. The monoisotopic (exact) mass is 367 g/mol. The number of nitrogens with zero attached hydrogens (tertiary/aromatic N) is 3. The zero-order valence-corrected chi connectivity index (χ0v) is 15.5. The summed E-state index contributed by atoms with van der Waals surface area (Å²) in [5.74, 6) is -0.259. The van der Waals surface area contributed by atoms with Crippen molar-refractivity contribution in [1.82, 2.24) is 14.7 Å². The molecule has 0 unspecified atom stereocenters. The number of rotatable bonds is 6. The molecule has 1 fully saturated rings. The molecule has 1 N–H and O–H groups in total. The van der Waals surface area contributed by atoms with E-state index in [1.165, 1.54) is 17.5 Å². The SMILES string of the molecule is OC1(c2ccc(F)cc2)CCN(CCCCn2cc3ccccc3n2)CC1. The first-order chi connectivity index (χ1) is 13.1. The number of unbranched alkanes of at least 4 members (excludes halogenated alkanes) is 1. The average molecular weight is 367 g/mol. The van der Waals surface area contributed by atoms with Gasteiger partial charge in [-0.05, 0) is 56.0 Å². The molecule has 4 nitrogen and oxygen atoms in total. The summed E-state index contributed by atoms with van der Waals surface area (Å²) in [7, 11) is 0. The van der Waals surface area contributed by atoms with Crippen molar-refractivity contribution in [2.75, 3.05) is 19.6 Å². The van der Waals surface area contributed by atoms with Crippen molar-refractivity contribution in [2.24, 2.45) is 0 Å². The number of aromatic nitrogens is 2. The van der Waals surface area contributed by atoms with Crippen LogP contribution in [0.5, 0.6) is 0 Å². The van der Waals surface area contributed by atoms with Gasteiger partial charge in [-0.3, -0.25) is 4.68 Å². The molecular weight excluding hydrogens is 341 g/mol. The smallest absolute Gasteiger partial charge is 0.123 e. The predicted molar refractivity (Wildman–Crippen MR) is 105 cm³/mol. The number of hydrogen-bond donors (Lipinski definition) is 1. The van der Waals surface area contributed by atoms with E-state index in [2.05, 4.69) is 22.3 Å². The summed E-state index contributed by atoms with van der Waals surface area (Å²) >= 11 is 0. The van der Waals surface area contributed by atoms with Gasteiger partial charge in [-0.25, -0.2) is 4.39 Å². The Bertz CT molecular complexity index is 849. The topological polar surface area (TPSA) is 41.3 Å². The fraction of sp³-hybridized carbons (Fsp3) is 0.409. The molecule has 2 heterocycles. The van der Waals surface area contributed by atoms with Gasteiger partial charge in [-0.15, -0.1) is 0 Å². The zero-order chi connectivity index (χ0) is 18.7. The van der Waals surface area contributed by atoms with Gasteiger partial charge in [0.15, 0.2) is 0 Å². The fourth-order valence-corrected chi connectivity index (χ4v) is 3.93. The summed E-state index contributed by atoms with van der Waals surface area (Å²) in [6.07, 6.45) is 5.71. The highest BCUT2D eigenvalue weighted by Crippen LogP contribution is 2.32. The number of fused-ring (bicyclic) bond motifs is 1. The predicted octanol–water partition coefficient (Wildman–Crippen LogP) is 3.94. The van der Waals surface area contributed by atoms with Gasteiger partial charge in [-0.1, -0.05) is 30.3 Å². The van der Waals surface area contributed by atoms with E-state index in [9.17, 15) is 9.50 Å². The highest BCUT2D eigenvalue weighted by Gasteiger charge is 2.33. The van der Waals surface area contributed by atoms with Gasteiger partial charge in [0.1, 0.15) is 5.82 Å². The number of aryl methyl sites for hydroxylation is 1. The standard InChI is InChI=1S/C22H26FN3O/c23-20-9-7-19(8-10-20)22(27)11-15-25(16-12-22)13-3-4-14-26-17-18-5-1-2-6-21(18)24-26/h1-2,5-10,17,27H,3-4,11-16H2. The lowest BCUT2D eigenvalue weighted by atomic mass is 9.84. The molecule has 2 aromatic carbocycles. The van der Waals surface area contributed by atoms with Crippen LogP contribution in [-0.4, -0.2) is 39.4 Å². The van der Waals surface area contributed by atoms with E-state index < -0.39 is 5.60 Å². The lowest BCUT2D eigenvalue weighted by molar-refractivity contribution is -0.0261. The van der Waals surface area contributed by atoms with Crippen molar-refractivity contribution in [3.63, 3.8) is 0 Å². The van der Waals surface area contributed by atoms with E-state index in [1.807, 2.05) is 22.9 Å². The Kier molecular flexibility index (Phi) is 5.23. The van der Waals surface area contributed by atoms with Crippen LogP contribution in [0.3, 0.4) is 0 Å². The quantitative estimate of drug-likeness (QED) is 0.671. The van der Waals surface area contributed by atoms with Crippen molar-refractivity contribution < 1.29 is 9.50 Å². The number of aliphatic hydroxyl groups is 1. The van der Waals surface area contributed by atoms with Crippen LogP contribution in [0, 0.1) is 5.82 Å². The molecule has 1 aliphatic rings. The highest BCUT2D eigenvalue weighted by atomic mass is 19.1. The van der Waals surface area contributed by atoms with Gasteiger partial charge < -0.3 is 10.0 Å². The highest BCUT2D eigenvalue weighted by molar-refractivity contribution is 5.77. The lowest BCUT2D eigenvalue weighted by Crippen LogP contribution is -2.42. The summed E-state index contributed by atoms with van der Waals surface area (Å²) < 4.78 is 15.1. The second kappa shape index (κ2) is 7.79. The Hall–Kier alpha value is -2.24. The molecule has 0 bridgehead atoms. The molecule has 142 valence electrons. The first-order valence-corrected chi connectivity index (χ1v) is 9.75. The number of benzene rings is 2. The minimum absolute atomic E-state index is 0.259. The second-order valence-electron chi connectivity index (χ2n) is 7.54. The van der Waals surface area contributed by atoms with Gasteiger partial charge in [-0.2, -0.15) is 5.10 Å². The normalized spacial score (nSPS) is 17.4. The average Bonchev–Trinajstić information content (AvgIpc) is 3.10. The third kappa shape index (κ3) is 4.20. The molecule has 0 radical (unpaired) electrons. The Morgan fingerprint density at radius 3 is 2.41 bits per heavy atom. The third-order valence-corrected chi connectivity index (χ3v) is 5.64. The molecular formula is C22H26FN3O. The molecule has 4 rings (SSSR count). The summed E-state index contributed by atoms with van der Waals surface area (Å²) in [5, 5.41) is 16.7. The van der Waals surface area contributed by atoms with Crippen LogP contribution in [0.4, 0.5) is 4.39 Å². The van der Waals surface area contributed by atoms with Crippen LogP contribution in [0.2, 0.25) is 0 Å². The summed E-state index contributed by atoms with van der Waals surface area (Å²) in [5.41, 5.74) is 1.06. The molecule has 0 saturated carbocycles. The van der Waals surface area contributed by atoms with Crippen LogP contribution >= 0.6 is 0 Å². The maximum absolute atomic E-state index is 13.1. The van der Waals surface area contributed by atoms with E-state index in [4.69, 9.17) is 0 Å². The maximum atomic E-state index is 13.1. The Balaban J connectivity index is 1.22. The van der Waals surface area contributed by atoms with Gasteiger partial charge in [0.25, 0.3) is 0 Å². The molecule has 27 heavy (non-hydrogen) atoms. The van der Waals surface area contributed by atoms with E-state index in [1.54, 1.807) is 12.1 Å². The minimum atomic E-state index is -0.820. The van der Waals surface area contributed by atoms with Gasteiger partial charge >= 0.3 is 0 Å². The molecule has 0 atom stereocenters. The first kappa shape index (κ1) is 18.1. The van der Waals surface area contributed by atoms with Crippen LogP contribution in [-0.2, 0) is 12.1 Å². The summed E-state index contributed by atoms with van der Waals surface area (Å²) in [4.78, 5) is 2.41. The van der Waals surface area contributed by atoms with Crippen LogP contribution in [0.25, 0.3) is 10.9 Å². The Morgan fingerprint density at radius 2 is 1.67 bits per heavy atom. The Morgan fingerprint density at radius 1 is 0.963 bits per heavy atom. The number of hydrogen-bond acceptors (Lipinski definition) is 3. The van der Waals surface area contributed by atoms with E-state index >= 15 is 0 Å². The third-order valence-electron chi connectivity index (χ3n) is 5.64. The largest absolute Gasteiger partial charge is 0.385 e. The minimum Gasteiger partial charge on any atom is -0.385 e. The van der Waals surface area contributed by atoms with Gasteiger partial charge in [0.05, 0.1) is 11.1 Å². The molecule has 0 amide bonds. The fourth-order valence-electron chi connectivity index (χ4n) is 3.93. The molecule has 3 aromatic rings. The Labute approximate surface area is 159 Å². The van der Waals surface area contributed by atoms with Gasteiger partial charge in [0, 0.05) is 31.2 Å². The van der Waals surface area contributed by atoms with Crippen molar-refractivity contribution in [2.45, 2.75) is 37.8 Å². The number of likely N-dealkylation sites (tertiary alicyclic amines) is 1. The molecule has 1 aromatic heterocycles. The van der Waals surface area contributed by atoms with Gasteiger partial charge in [0.2, 0.25) is 0 Å². The second-order valence-corrected chi connectivity index (χ2v) is 7.54. The summed E-state index contributed by atoms with van der Waals surface area (Å²) in [6.45, 7) is 3.72. The summed E-state index contributed by atoms with van der Waals surface area (Å²) in [6, 6.07) is 14.5. The molecule has 1 aliphatic heterocycles. The van der Waals surface area contributed by atoms with E-state index in [0.29, 0.717) is 12.8 Å².